The Hall–Kier alpha value is -2.42. The van der Waals surface area contributed by atoms with Gasteiger partial charge in [0.25, 0.3) is 0 Å². The summed E-state index contributed by atoms with van der Waals surface area (Å²) >= 11 is 0. The molecule has 0 fully saturated rings. The first-order valence-electron chi connectivity index (χ1n) is 5.48. The highest BCUT2D eigenvalue weighted by Gasteiger charge is 2.19. The zero-order valence-corrected chi connectivity index (χ0v) is 9.23. The molecule has 17 heavy (non-hydrogen) atoms. The van der Waals surface area contributed by atoms with Crippen molar-refractivity contribution in [2.75, 3.05) is 10.2 Å². The number of rotatable bonds is 2. The molecule has 3 heteroatoms. The summed E-state index contributed by atoms with van der Waals surface area (Å²) in [6, 6.07) is 20.0. The van der Waals surface area contributed by atoms with Gasteiger partial charge in [-0.2, -0.15) is 0 Å². The fourth-order valence-electron chi connectivity index (χ4n) is 1.77. The minimum Gasteiger partial charge on any atom is -0.365 e. The van der Waals surface area contributed by atoms with Crippen molar-refractivity contribution in [2.45, 2.75) is 0 Å². The van der Waals surface area contributed by atoms with Crippen LogP contribution in [-0.2, 0) is 4.84 Å². The number of hydrazine groups is 1. The van der Waals surface area contributed by atoms with E-state index >= 15 is 0 Å². The van der Waals surface area contributed by atoms with Gasteiger partial charge in [0, 0.05) is 0 Å². The number of nitrogens with zero attached hydrogens (tertiary/aromatic N) is 2. The Balaban J connectivity index is 1.93. The third kappa shape index (κ3) is 1.83. The summed E-state index contributed by atoms with van der Waals surface area (Å²) in [5, 5.41) is 3.70. The van der Waals surface area contributed by atoms with Crippen LogP contribution in [0.1, 0.15) is 0 Å². The number of hydrogen-bond acceptors (Lipinski definition) is 3. The highest BCUT2D eigenvalue weighted by atomic mass is 16.7. The van der Waals surface area contributed by atoms with E-state index in [-0.39, 0.29) is 0 Å². The van der Waals surface area contributed by atoms with E-state index in [1.807, 2.05) is 71.9 Å². The molecule has 0 saturated heterocycles. The molecule has 1 aliphatic rings. The topological polar surface area (TPSA) is 15.7 Å². The monoisotopic (exact) mass is 224 g/mol. The van der Waals surface area contributed by atoms with Gasteiger partial charge >= 0.3 is 0 Å². The molecular weight excluding hydrogens is 212 g/mol. The highest BCUT2D eigenvalue weighted by Crippen LogP contribution is 2.26. The predicted molar refractivity (Wildman–Crippen MR) is 68.1 cm³/mol. The van der Waals surface area contributed by atoms with Gasteiger partial charge in [0.05, 0.1) is 17.6 Å². The van der Waals surface area contributed by atoms with Gasteiger partial charge in [0.1, 0.15) is 6.26 Å². The summed E-state index contributed by atoms with van der Waals surface area (Å²) in [6.45, 7) is 0. The lowest BCUT2D eigenvalue weighted by atomic mass is 10.3. The summed E-state index contributed by atoms with van der Waals surface area (Å²) in [5.74, 6) is 0. The van der Waals surface area contributed by atoms with Gasteiger partial charge in [-0.1, -0.05) is 36.4 Å². The molecular formula is C14H12N2O. The molecule has 0 radical (unpaired) electrons. The molecule has 0 saturated carbocycles. The van der Waals surface area contributed by atoms with Crippen LogP contribution in [0, 0.1) is 0 Å². The average molecular weight is 224 g/mol. The number of anilines is 2. The summed E-state index contributed by atoms with van der Waals surface area (Å²) in [5.41, 5.74) is 2.05. The van der Waals surface area contributed by atoms with Crippen LogP contribution < -0.4 is 10.2 Å². The molecule has 0 N–H and O–H groups in total. The largest absolute Gasteiger partial charge is 0.365 e. The van der Waals surface area contributed by atoms with Gasteiger partial charge in [-0.25, -0.2) is 5.01 Å². The Morgan fingerprint density at radius 1 is 0.706 bits per heavy atom. The summed E-state index contributed by atoms with van der Waals surface area (Å²) < 4.78 is 0. The summed E-state index contributed by atoms with van der Waals surface area (Å²) in [4.78, 5) is 5.48. The van der Waals surface area contributed by atoms with Crippen LogP contribution >= 0.6 is 0 Å². The first-order valence-corrected chi connectivity index (χ1v) is 5.48. The molecule has 0 bridgehead atoms. The van der Waals surface area contributed by atoms with E-state index in [2.05, 4.69) is 0 Å². The quantitative estimate of drug-likeness (QED) is 0.778. The van der Waals surface area contributed by atoms with Gasteiger partial charge in [-0.15, -0.1) is 5.17 Å². The fraction of sp³-hybridized carbons (Fsp3) is 0. The number of para-hydroxylation sites is 2. The molecule has 0 amide bonds. The van der Waals surface area contributed by atoms with Crippen molar-refractivity contribution in [1.82, 2.24) is 0 Å². The second-order valence-electron chi connectivity index (χ2n) is 3.68. The summed E-state index contributed by atoms with van der Waals surface area (Å²) in [7, 11) is 0. The lowest BCUT2D eigenvalue weighted by Crippen LogP contribution is -2.33. The Kier molecular flexibility index (Phi) is 2.43. The lowest BCUT2D eigenvalue weighted by molar-refractivity contribution is 0.238. The minimum atomic E-state index is 0.987. The van der Waals surface area contributed by atoms with Gasteiger partial charge in [0.15, 0.2) is 0 Å². The normalized spacial score (nSPS) is 13.9. The molecule has 1 aliphatic heterocycles. The van der Waals surface area contributed by atoms with E-state index in [1.54, 1.807) is 11.4 Å². The van der Waals surface area contributed by atoms with Crippen LogP contribution in [0.25, 0.3) is 0 Å². The minimum absolute atomic E-state index is 0.987. The molecule has 0 unspecified atom stereocenters. The number of benzene rings is 2. The van der Waals surface area contributed by atoms with E-state index in [0.29, 0.717) is 0 Å². The van der Waals surface area contributed by atoms with Crippen molar-refractivity contribution in [3.05, 3.63) is 73.1 Å². The van der Waals surface area contributed by atoms with Crippen LogP contribution in [0.5, 0.6) is 0 Å². The standard InChI is InChI=1S/C14H12N2O/c1-3-7-13(8-4-1)15-11-12-17-16(15)14-9-5-2-6-10-14/h1-12H. The molecule has 84 valence electrons. The fourth-order valence-corrected chi connectivity index (χ4v) is 1.77. The Bertz CT molecular complexity index is 510. The average Bonchev–Trinajstić information content (AvgIpc) is 2.90. The molecule has 2 aromatic rings. The maximum atomic E-state index is 5.48. The van der Waals surface area contributed by atoms with Crippen LogP contribution in [-0.4, -0.2) is 0 Å². The first-order chi connectivity index (χ1) is 8.45. The second-order valence-corrected chi connectivity index (χ2v) is 3.68. The second kappa shape index (κ2) is 4.22. The lowest BCUT2D eigenvalue weighted by Gasteiger charge is -2.27. The van der Waals surface area contributed by atoms with Gasteiger partial charge in [-0.05, 0) is 24.3 Å². The van der Waals surface area contributed by atoms with Crippen molar-refractivity contribution < 1.29 is 4.84 Å². The first kappa shape index (κ1) is 9.78. The molecule has 0 aromatic heterocycles. The molecule has 3 nitrogen and oxygen atoms in total. The van der Waals surface area contributed by atoms with Crippen molar-refractivity contribution >= 4 is 11.4 Å². The van der Waals surface area contributed by atoms with Crippen LogP contribution in [0.4, 0.5) is 11.4 Å². The van der Waals surface area contributed by atoms with E-state index < -0.39 is 0 Å². The zero-order chi connectivity index (χ0) is 11.5. The molecule has 3 rings (SSSR count). The molecule has 0 aliphatic carbocycles. The molecule has 2 aromatic carbocycles. The molecule has 1 heterocycles. The SMILES string of the molecule is C1=CN(c2ccccc2)N(c2ccccc2)O1. The van der Waals surface area contributed by atoms with E-state index in [1.165, 1.54) is 0 Å². The van der Waals surface area contributed by atoms with Crippen LogP contribution in [0.2, 0.25) is 0 Å². The van der Waals surface area contributed by atoms with E-state index in [4.69, 9.17) is 4.84 Å². The maximum Gasteiger partial charge on any atom is 0.140 e. The van der Waals surface area contributed by atoms with Crippen LogP contribution in [0.3, 0.4) is 0 Å². The van der Waals surface area contributed by atoms with Gasteiger partial charge in [0.2, 0.25) is 0 Å². The Labute approximate surface area is 100 Å². The van der Waals surface area contributed by atoms with Crippen molar-refractivity contribution in [1.29, 1.82) is 0 Å². The van der Waals surface area contributed by atoms with Crippen LogP contribution in [0.15, 0.2) is 73.1 Å². The van der Waals surface area contributed by atoms with Crippen molar-refractivity contribution in [3.63, 3.8) is 0 Å². The Morgan fingerprint density at radius 3 is 1.94 bits per heavy atom. The third-order valence-corrected chi connectivity index (χ3v) is 2.56. The zero-order valence-electron chi connectivity index (χ0n) is 9.23. The predicted octanol–water partition coefficient (Wildman–Crippen LogP) is 3.33. The molecule has 0 spiro atoms. The molecule has 0 atom stereocenters. The maximum absolute atomic E-state index is 5.48. The third-order valence-electron chi connectivity index (χ3n) is 2.56. The Morgan fingerprint density at radius 2 is 1.29 bits per heavy atom. The number of hydrogen-bond donors (Lipinski definition) is 0. The van der Waals surface area contributed by atoms with Gasteiger partial charge in [-0.3, -0.25) is 0 Å². The summed E-state index contributed by atoms with van der Waals surface area (Å²) in [6.07, 6.45) is 3.56. The van der Waals surface area contributed by atoms with E-state index in [9.17, 15) is 0 Å². The van der Waals surface area contributed by atoms with Crippen molar-refractivity contribution in [3.8, 4) is 0 Å². The van der Waals surface area contributed by atoms with E-state index in [0.717, 1.165) is 11.4 Å². The van der Waals surface area contributed by atoms with Gasteiger partial charge < -0.3 is 4.84 Å². The van der Waals surface area contributed by atoms with Crippen molar-refractivity contribution in [2.24, 2.45) is 0 Å². The highest BCUT2D eigenvalue weighted by molar-refractivity contribution is 5.58. The smallest absolute Gasteiger partial charge is 0.140 e.